The van der Waals surface area contributed by atoms with E-state index in [-0.39, 0.29) is 24.2 Å². The van der Waals surface area contributed by atoms with E-state index in [1.54, 1.807) is 16.4 Å². The van der Waals surface area contributed by atoms with Crippen molar-refractivity contribution in [3.63, 3.8) is 0 Å². The fourth-order valence-electron chi connectivity index (χ4n) is 2.21. The van der Waals surface area contributed by atoms with Gasteiger partial charge in [0.2, 0.25) is 0 Å². The van der Waals surface area contributed by atoms with Crippen molar-refractivity contribution < 1.29 is 14.4 Å². The summed E-state index contributed by atoms with van der Waals surface area (Å²) >= 11 is 1.66. The number of likely N-dealkylation sites (N-methyl/N-ethyl adjacent to an activating group) is 1. The minimum absolute atomic E-state index is 0.0569. The lowest BCUT2D eigenvalue weighted by molar-refractivity contribution is -0.155. The Kier molecular flexibility index (Phi) is 2.05. The van der Waals surface area contributed by atoms with Crippen LogP contribution in [-0.4, -0.2) is 30.3 Å². The van der Waals surface area contributed by atoms with Crippen LogP contribution in [0.5, 0.6) is 0 Å². The van der Waals surface area contributed by atoms with Gasteiger partial charge in [-0.1, -0.05) is 6.07 Å². The molecule has 2 aliphatic rings. The van der Waals surface area contributed by atoms with Gasteiger partial charge in [-0.05, 0) is 11.4 Å². The predicted molar refractivity (Wildman–Crippen MR) is 54.2 cm³/mol. The summed E-state index contributed by atoms with van der Waals surface area (Å²) in [6.45, 7) is 0. The van der Waals surface area contributed by atoms with Crippen LogP contribution in [0.4, 0.5) is 0 Å². The fraction of sp³-hybridized carbons (Fsp3) is 0.500. The van der Waals surface area contributed by atoms with Crippen molar-refractivity contribution in [2.75, 3.05) is 7.05 Å². The average molecular weight is 225 g/mol. The fourth-order valence-corrected chi connectivity index (χ4v) is 3.10. The Labute approximate surface area is 91.4 Å². The molecule has 0 spiro atoms. The van der Waals surface area contributed by atoms with Crippen molar-refractivity contribution in [3.8, 4) is 0 Å². The average Bonchev–Trinajstić information content (AvgIpc) is 2.80. The quantitative estimate of drug-likeness (QED) is 0.676. The number of esters is 1. The van der Waals surface area contributed by atoms with E-state index in [2.05, 4.69) is 0 Å². The molecule has 3 atom stereocenters. The van der Waals surface area contributed by atoms with Gasteiger partial charge in [0.25, 0.3) is 0 Å². The molecule has 80 valence electrons. The van der Waals surface area contributed by atoms with Crippen molar-refractivity contribution in [3.05, 3.63) is 22.4 Å². The Balaban J connectivity index is 1.91. The predicted octanol–water partition coefficient (Wildman–Crippen LogP) is 1.35. The molecule has 0 unspecified atom stereocenters. The molecule has 0 N–H and O–H groups in total. The van der Waals surface area contributed by atoms with Gasteiger partial charge in [0.05, 0.1) is 6.42 Å². The second-order valence-corrected chi connectivity index (χ2v) is 4.79. The Morgan fingerprint density at radius 2 is 2.47 bits per heavy atom. The maximum Gasteiger partial charge on any atom is 0.309 e. The highest BCUT2D eigenvalue weighted by atomic mass is 32.1. The lowest BCUT2D eigenvalue weighted by atomic mass is 10.1. The van der Waals surface area contributed by atoms with E-state index in [9.17, 15) is 4.79 Å². The lowest BCUT2D eigenvalue weighted by Crippen LogP contribution is -2.24. The zero-order chi connectivity index (χ0) is 10.4. The third-order valence-corrected chi connectivity index (χ3v) is 3.78. The number of rotatable bonds is 1. The van der Waals surface area contributed by atoms with Gasteiger partial charge in [0.1, 0.15) is 12.1 Å². The Hall–Kier alpha value is -0.910. The zero-order valence-electron chi connectivity index (χ0n) is 8.25. The van der Waals surface area contributed by atoms with Crippen LogP contribution in [0.15, 0.2) is 17.5 Å². The molecule has 2 aliphatic heterocycles. The molecule has 2 saturated heterocycles. The third kappa shape index (κ3) is 1.39. The first kappa shape index (κ1) is 9.33. The summed E-state index contributed by atoms with van der Waals surface area (Å²) in [7, 11) is 1.89. The molecule has 15 heavy (non-hydrogen) atoms. The number of hydrogen-bond donors (Lipinski definition) is 0. The molecule has 0 aliphatic carbocycles. The normalized spacial score (nSPS) is 35.5. The van der Waals surface area contributed by atoms with Crippen LogP contribution in [0, 0.1) is 0 Å². The van der Waals surface area contributed by atoms with Gasteiger partial charge in [0.15, 0.2) is 6.10 Å². The Morgan fingerprint density at radius 1 is 1.60 bits per heavy atom. The smallest absolute Gasteiger partial charge is 0.309 e. The van der Waals surface area contributed by atoms with Crippen LogP contribution in [0.3, 0.4) is 0 Å². The van der Waals surface area contributed by atoms with Gasteiger partial charge in [-0.15, -0.1) is 11.3 Å². The highest BCUT2D eigenvalue weighted by Crippen LogP contribution is 2.41. The maximum atomic E-state index is 11.2. The second kappa shape index (κ2) is 3.30. The van der Waals surface area contributed by atoms with Crippen LogP contribution >= 0.6 is 11.3 Å². The maximum absolute atomic E-state index is 11.2. The lowest BCUT2D eigenvalue weighted by Gasteiger charge is -2.19. The van der Waals surface area contributed by atoms with Gasteiger partial charge in [0, 0.05) is 11.9 Å². The minimum atomic E-state index is -0.153. The highest BCUT2D eigenvalue weighted by molar-refractivity contribution is 7.10. The van der Waals surface area contributed by atoms with E-state index in [4.69, 9.17) is 9.57 Å². The SMILES string of the molecule is CN1O[C@@H]2CC(=O)O[C@@H]2[C@@H]1c1cccs1. The largest absolute Gasteiger partial charge is 0.457 e. The van der Waals surface area contributed by atoms with Gasteiger partial charge in [-0.2, -0.15) is 5.06 Å². The van der Waals surface area contributed by atoms with E-state index in [0.29, 0.717) is 6.42 Å². The van der Waals surface area contributed by atoms with Crippen LogP contribution in [0.2, 0.25) is 0 Å². The molecule has 3 heterocycles. The monoisotopic (exact) mass is 225 g/mol. The first-order valence-electron chi connectivity index (χ1n) is 4.88. The van der Waals surface area contributed by atoms with E-state index in [1.165, 1.54) is 4.88 Å². The zero-order valence-corrected chi connectivity index (χ0v) is 9.07. The van der Waals surface area contributed by atoms with Crippen LogP contribution in [0.1, 0.15) is 17.3 Å². The molecule has 0 bridgehead atoms. The minimum Gasteiger partial charge on any atom is -0.457 e. The van der Waals surface area contributed by atoms with Crippen LogP contribution < -0.4 is 0 Å². The number of hydrogen-bond acceptors (Lipinski definition) is 5. The molecule has 1 aromatic rings. The number of nitrogens with zero attached hydrogens (tertiary/aromatic N) is 1. The number of carbonyl (C=O) groups excluding carboxylic acids is 1. The summed E-state index contributed by atoms with van der Waals surface area (Å²) in [5.74, 6) is -0.153. The van der Waals surface area contributed by atoms with Gasteiger partial charge < -0.3 is 4.74 Å². The Morgan fingerprint density at radius 3 is 3.20 bits per heavy atom. The van der Waals surface area contributed by atoms with Crippen molar-refractivity contribution in [1.82, 2.24) is 5.06 Å². The van der Waals surface area contributed by atoms with E-state index in [1.807, 2.05) is 24.6 Å². The molecule has 5 heteroatoms. The van der Waals surface area contributed by atoms with E-state index >= 15 is 0 Å². The van der Waals surface area contributed by atoms with Crippen molar-refractivity contribution in [2.45, 2.75) is 24.7 Å². The number of thiophene rings is 1. The first-order chi connectivity index (χ1) is 7.25. The summed E-state index contributed by atoms with van der Waals surface area (Å²) in [4.78, 5) is 17.9. The Bertz CT molecular complexity index is 378. The molecule has 0 radical (unpaired) electrons. The van der Waals surface area contributed by atoms with Crippen LogP contribution in [0.25, 0.3) is 0 Å². The number of carbonyl (C=O) groups is 1. The van der Waals surface area contributed by atoms with Gasteiger partial charge in [-0.3, -0.25) is 9.63 Å². The standard InChI is InChI=1S/C10H11NO3S/c1-11-9(7-3-2-4-15-7)10-6(14-11)5-8(12)13-10/h2-4,6,9-10H,5H2,1H3/t6-,9+,10+/m1/s1. The molecule has 0 amide bonds. The second-order valence-electron chi connectivity index (χ2n) is 3.81. The molecule has 0 aromatic carbocycles. The van der Waals surface area contributed by atoms with E-state index in [0.717, 1.165) is 0 Å². The van der Waals surface area contributed by atoms with Crippen molar-refractivity contribution >= 4 is 17.3 Å². The summed E-state index contributed by atoms with van der Waals surface area (Å²) in [6, 6.07) is 4.10. The third-order valence-electron chi connectivity index (χ3n) is 2.84. The van der Waals surface area contributed by atoms with Crippen LogP contribution in [-0.2, 0) is 14.4 Å². The first-order valence-corrected chi connectivity index (χ1v) is 5.76. The van der Waals surface area contributed by atoms with Crippen molar-refractivity contribution in [1.29, 1.82) is 0 Å². The molecular formula is C10H11NO3S. The van der Waals surface area contributed by atoms with E-state index < -0.39 is 0 Å². The summed E-state index contributed by atoms with van der Waals surface area (Å²) in [6.07, 6.45) is 0.132. The number of hydroxylamine groups is 2. The molecule has 2 fully saturated rings. The molecule has 0 saturated carbocycles. The number of fused-ring (bicyclic) bond motifs is 1. The summed E-state index contributed by atoms with van der Waals surface area (Å²) in [5.41, 5.74) is 0. The van der Waals surface area contributed by atoms with Crippen molar-refractivity contribution in [2.24, 2.45) is 0 Å². The summed E-state index contributed by atoms with van der Waals surface area (Å²) in [5, 5.41) is 3.82. The highest BCUT2D eigenvalue weighted by Gasteiger charge is 2.50. The number of ether oxygens (including phenoxy) is 1. The molecule has 1 aromatic heterocycles. The topological polar surface area (TPSA) is 38.8 Å². The molecule has 4 nitrogen and oxygen atoms in total. The molecular weight excluding hydrogens is 214 g/mol. The molecule has 3 rings (SSSR count). The van der Waals surface area contributed by atoms with Gasteiger partial charge >= 0.3 is 5.97 Å². The van der Waals surface area contributed by atoms with Gasteiger partial charge in [-0.25, -0.2) is 0 Å². The summed E-state index contributed by atoms with van der Waals surface area (Å²) < 4.78 is 5.29.